The fourth-order valence-corrected chi connectivity index (χ4v) is 3.85. The van der Waals surface area contributed by atoms with Crippen LogP contribution in [0.2, 0.25) is 0 Å². The maximum absolute atomic E-state index is 12.3. The van der Waals surface area contributed by atoms with Gasteiger partial charge >= 0.3 is 12.1 Å². The second-order valence-corrected chi connectivity index (χ2v) is 8.61. The van der Waals surface area contributed by atoms with Crippen LogP contribution in [0.3, 0.4) is 0 Å². The van der Waals surface area contributed by atoms with Gasteiger partial charge < -0.3 is 9.64 Å². The van der Waals surface area contributed by atoms with Gasteiger partial charge in [0.15, 0.2) is 0 Å². The van der Waals surface area contributed by atoms with Crippen molar-refractivity contribution in [1.82, 2.24) is 25.0 Å². The van der Waals surface area contributed by atoms with E-state index >= 15 is 0 Å². The fraction of sp³-hybridized carbons (Fsp3) is 0.550. The van der Waals surface area contributed by atoms with Crippen molar-refractivity contribution in [3.8, 4) is 0 Å². The zero-order valence-corrected chi connectivity index (χ0v) is 17.4. The van der Waals surface area contributed by atoms with Crippen LogP contribution in [0.4, 0.5) is 15.4 Å². The highest BCUT2D eigenvalue weighted by molar-refractivity contribution is 6.08. The van der Waals surface area contributed by atoms with Gasteiger partial charge in [-0.25, -0.2) is 14.6 Å². The minimum absolute atomic E-state index is 0.133. The molecule has 0 radical (unpaired) electrons. The molecular weight excluding hydrogens is 388 g/mol. The van der Waals surface area contributed by atoms with Crippen molar-refractivity contribution < 1.29 is 19.1 Å². The Hall–Kier alpha value is -3.17. The molecule has 0 aromatic carbocycles. The molecule has 2 saturated heterocycles. The summed E-state index contributed by atoms with van der Waals surface area (Å²) in [5.74, 6) is 0.214. The predicted molar refractivity (Wildman–Crippen MR) is 109 cm³/mol. The van der Waals surface area contributed by atoms with E-state index in [9.17, 15) is 14.4 Å². The molecule has 1 N–H and O–H groups in total. The lowest BCUT2D eigenvalue weighted by atomic mass is 10.1. The summed E-state index contributed by atoms with van der Waals surface area (Å²) in [7, 11) is 0. The molecule has 0 aliphatic carbocycles. The number of nitrogens with zero attached hydrogens (tertiary/aromatic N) is 5. The molecule has 0 atom stereocenters. The van der Waals surface area contributed by atoms with Gasteiger partial charge in [0.05, 0.1) is 23.1 Å². The number of amides is 4. The molecule has 4 amide bonds. The van der Waals surface area contributed by atoms with Gasteiger partial charge in [0, 0.05) is 32.3 Å². The number of imide groups is 1. The van der Waals surface area contributed by atoms with Gasteiger partial charge in [-0.05, 0) is 39.7 Å². The summed E-state index contributed by atoms with van der Waals surface area (Å²) in [6, 6.07) is 1.54. The highest BCUT2D eigenvalue weighted by atomic mass is 16.6. The summed E-state index contributed by atoms with van der Waals surface area (Å²) in [6.45, 7) is 7.05. The van der Waals surface area contributed by atoms with Crippen LogP contribution in [0.5, 0.6) is 0 Å². The molecule has 10 nitrogen and oxygen atoms in total. The van der Waals surface area contributed by atoms with Gasteiger partial charge in [-0.2, -0.15) is 5.10 Å². The Balaban J connectivity index is 1.51. The molecule has 0 unspecified atom stereocenters. The number of carbonyl (C=O) groups is 3. The zero-order valence-electron chi connectivity index (χ0n) is 17.4. The topological polar surface area (TPSA) is 110 Å². The molecule has 2 aliphatic heterocycles. The number of urea groups is 1. The summed E-state index contributed by atoms with van der Waals surface area (Å²) < 4.78 is 7.41. The van der Waals surface area contributed by atoms with Crippen LogP contribution >= 0.6 is 0 Å². The molecule has 30 heavy (non-hydrogen) atoms. The lowest BCUT2D eigenvalue weighted by Gasteiger charge is -2.33. The molecule has 0 spiro atoms. The number of carbonyl (C=O) groups excluding carboxylic acids is 3. The van der Waals surface area contributed by atoms with E-state index in [-0.39, 0.29) is 31.0 Å². The van der Waals surface area contributed by atoms with Crippen LogP contribution in [0, 0.1) is 0 Å². The van der Waals surface area contributed by atoms with E-state index in [4.69, 9.17) is 4.74 Å². The van der Waals surface area contributed by atoms with Crippen LogP contribution in [0.1, 0.15) is 46.1 Å². The van der Waals surface area contributed by atoms with E-state index in [1.807, 2.05) is 31.5 Å². The molecule has 160 valence electrons. The first-order valence-corrected chi connectivity index (χ1v) is 10.1. The van der Waals surface area contributed by atoms with Crippen LogP contribution < -0.4 is 10.2 Å². The van der Waals surface area contributed by atoms with Gasteiger partial charge in [0.1, 0.15) is 11.4 Å². The average Bonchev–Trinajstić information content (AvgIpc) is 3.11. The Bertz CT molecular complexity index is 987. The third-order valence-corrected chi connectivity index (χ3v) is 5.28. The van der Waals surface area contributed by atoms with Crippen LogP contribution in [-0.4, -0.2) is 62.9 Å². The van der Waals surface area contributed by atoms with Gasteiger partial charge in [-0.1, -0.05) is 0 Å². The first kappa shape index (κ1) is 20.1. The molecule has 4 heterocycles. The number of hydrogen-bond acceptors (Lipinski definition) is 6. The molecule has 0 bridgehead atoms. The van der Waals surface area contributed by atoms with E-state index in [1.165, 1.54) is 4.90 Å². The molecule has 2 aromatic heterocycles. The summed E-state index contributed by atoms with van der Waals surface area (Å²) in [6.07, 6.45) is 4.82. The standard InChI is InChI=1S/C20H26N6O4/c1-20(2,3)30-19(29)24-9-5-13(6-10-24)26-15-4-8-21-17(14(15)12-22-26)25-11-7-16(27)23-18(25)28/h4,8,12-13H,5-7,9-11H2,1-3H3,(H,23,27,28). The summed E-state index contributed by atoms with van der Waals surface area (Å²) >= 11 is 0. The number of fused-ring (bicyclic) bond motifs is 1. The minimum atomic E-state index is -0.513. The van der Waals surface area contributed by atoms with Crippen molar-refractivity contribution in [2.45, 2.75) is 51.7 Å². The smallest absolute Gasteiger partial charge is 0.410 e. The number of anilines is 1. The predicted octanol–water partition coefficient (Wildman–Crippen LogP) is 2.45. The highest BCUT2D eigenvalue weighted by Crippen LogP contribution is 2.31. The van der Waals surface area contributed by atoms with E-state index in [0.717, 1.165) is 23.7 Å². The third kappa shape index (κ3) is 3.94. The average molecular weight is 414 g/mol. The first-order chi connectivity index (χ1) is 14.2. The first-order valence-electron chi connectivity index (χ1n) is 10.1. The minimum Gasteiger partial charge on any atom is -0.444 e. The fourth-order valence-electron chi connectivity index (χ4n) is 3.85. The molecule has 10 heteroatoms. The second kappa shape index (κ2) is 7.58. The number of rotatable bonds is 2. The molecule has 2 aromatic rings. The Morgan fingerprint density at radius 3 is 2.60 bits per heavy atom. The van der Waals surface area contributed by atoms with E-state index in [1.54, 1.807) is 17.3 Å². The van der Waals surface area contributed by atoms with Crippen molar-refractivity contribution in [3.05, 3.63) is 18.5 Å². The number of likely N-dealkylation sites (tertiary alicyclic amines) is 1. The summed E-state index contributed by atoms with van der Waals surface area (Å²) in [4.78, 5) is 43.5. The number of piperidine rings is 1. The highest BCUT2D eigenvalue weighted by Gasteiger charge is 2.30. The lowest BCUT2D eigenvalue weighted by molar-refractivity contribution is -0.120. The number of hydrogen-bond donors (Lipinski definition) is 1. The molecular formula is C20H26N6O4. The quantitative estimate of drug-likeness (QED) is 0.808. The monoisotopic (exact) mass is 414 g/mol. The second-order valence-electron chi connectivity index (χ2n) is 8.61. The van der Waals surface area contributed by atoms with E-state index < -0.39 is 11.6 Å². The lowest BCUT2D eigenvalue weighted by Crippen LogP contribution is -2.49. The van der Waals surface area contributed by atoms with Gasteiger partial charge in [0.25, 0.3) is 0 Å². The Morgan fingerprint density at radius 1 is 1.20 bits per heavy atom. The van der Waals surface area contributed by atoms with Crippen LogP contribution in [-0.2, 0) is 9.53 Å². The van der Waals surface area contributed by atoms with E-state index in [2.05, 4.69) is 15.4 Å². The van der Waals surface area contributed by atoms with Crippen molar-refractivity contribution in [3.63, 3.8) is 0 Å². The van der Waals surface area contributed by atoms with E-state index in [0.29, 0.717) is 18.9 Å². The number of nitrogens with one attached hydrogen (secondary N) is 1. The van der Waals surface area contributed by atoms with Crippen molar-refractivity contribution >= 4 is 34.8 Å². The maximum Gasteiger partial charge on any atom is 0.410 e. The number of aromatic nitrogens is 3. The molecule has 4 rings (SSSR count). The Labute approximate surface area is 174 Å². The zero-order chi connectivity index (χ0) is 21.5. The van der Waals surface area contributed by atoms with Gasteiger partial charge in [-0.3, -0.25) is 19.7 Å². The number of pyridine rings is 1. The Kier molecular flexibility index (Phi) is 5.08. The molecule has 2 aliphatic rings. The maximum atomic E-state index is 12.3. The van der Waals surface area contributed by atoms with Crippen molar-refractivity contribution in [2.24, 2.45) is 0 Å². The third-order valence-electron chi connectivity index (χ3n) is 5.28. The van der Waals surface area contributed by atoms with Gasteiger partial charge in [0.2, 0.25) is 5.91 Å². The van der Waals surface area contributed by atoms with Crippen LogP contribution in [0.25, 0.3) is 10.9 Å². The van der Waals surface area contributed by atoms with Crippen molar-refractivity contribution in [2.75, 3.05) is 24.5 Å². The number of ether oxygens (including phenoxy) is 1. The van der Waals surface area contributed by atoms with Crippen molar-refractivity contribution in [1.29, 1.82) is 0 Å². The van der Waals surface area contributed by atoms with Crippen LogP contribution in [0.15, 0.2) is 18.5 Å². The largest absolute Gasteiger partial charge is 0.444 e. The summed E-state index contributed by atoms with van der Waals surface area (Å²) in [5.41, 5.74) is 0.362. The molecule has 0 saturated carbocycles. The molecule has 2 fully saturated rings. The SMILES string of the molecule is CC(C)(C)OC(=O)N1CCC(n2ncc3c(N4CCC(=O)NC4=O)nccc32)CC1. The summed E-state index contributed by atoms with van der Waals surface area (Å²) in [5, 5.41) is 7.65. The Morgan fingerprint density at radius 2 is 1.93 bits per heavy atom. The van der Waals surface area contributed by atoms with Gasteiger partial charge in [-0.15, -0.1) is 0 Å². The normalized spacial score (nSPS) is 18.6.